The highest BCUT2D eigenvalue weighted by Gasteiger charge is 1.90. The largest absolute Gasteiger partial charge is 0.508 e. The quantitative estimate of drug-likeness (QED) is 0.462. The predicted octanol–water partition coefficient (Wildman–Crippen LogP) is 7.06. The predicted molar refractivity (Wildman–Crippen MR) is 101 cm³/mol. The lowest BCUT2D eigenvalue weighted by atomic mass is 10.1. The Balaban J connectivity index is -0.000000310. The van der Waals surface area contributed by atoms with Gasteiger partial charge in [-0.15, -0.1) is 17.0 Å². The average Bonchev–Trinajstić information content (AvgIpc) is 2.43. The van der Waals surface area contributed by atoms with E-state index < -0.39 is 0 Å². The number of halogens is 1. The van der Waals surface area contributed by atoms with Crippen LogP contribution < -0.4 is 6.15 Å². The van der Waals surface area contributed by atoms with Crippen LogP contribution in [0, 0.1) is 0 Å². The molecule has 0 spiro atoms. The van der Waals surface area contributed by atoms with Crippen molar-refractivity contribution >= 4 is 17.0 Å². The summed E-state index contributed by atoms with van der Waals surface area (Å²) in [6.07, 6.45) is 14.4. The van der Waals surface area contributed by atoms with Crippen LogP contribution in [0.5, 0.6) is 5.75 Å². The number of phenols is 1. The molecule has 0 aliphatic carbocycles. The van der Waals surface area contributed by atoms with Gasteiger partial charge in [-0.3, -0.25) is 0 Å². The molecular formula is C18H36BrNO. The number of unbranched alkanes of at least 4 members (excludes halogenated alkanes) is 9. The molecule has 0 aliphatic heterocycles. The molecule has 21 heavy (non-hydrogen) atoms. The Hall–Kier alpha value is -0.540. The molecule has 1 aromatic rings. The van der Waals surface area contributed by atoms with Gasteiger partial charge in [-0.1, -0.05) is 96.3 Å². The molecule has 0 aromatic heterocycles. The summed E-state index contributed by atoms with van der Waals surface area (Å²) in [4.78, 5) is 0. The van der Waals surface area contributed by atoms with Crippen LogP contribution in [0.15, 0.2) is 30.3 Å². The highest BCUT2D eigenvalue weighted by molar-refractivity contribution is 8.93. The van der Waals surface area contributed by atoms with Gasteiger partial charge in [0.05, 0.1) is 0 Å². The molecule has 0 heterocycles. The summed E-state index contributed by atoms with van der Waals surface area (Å²) in [5.74, 6) is 0.322. The SMILES string of the molecule is Br.CCCCCCCCCCCC.N.Oc1ccccc1. The zero-order valence-electron chi connectivity index (χ0n) is 14.0. The first-order chi connectivity index (χ1) is 9.31. The third kappa shape index (κ3) is 21.9. The minimum Gasteiger partial charge on any atom is -0.508 e. The third-order valence-electron chi connectivity index (χ3n) is 3.21. The molecule has 4 N–H and O–H groups in total. The van der Waals surface area contributed by atoms with E-state index in [9.17, 15) is 0 Å². The van der Waals surface area contributed by atoms with E-state index in [1.807, 2.05) is 6.07 Å². The molecule has 0 saturated carbocycles. The average molecular weight is 362 g/mol. The minimum absolute atomic E-state index is 0. The summed E-state index contributed by atoms with van der Waals surface area (Å²) in [6.45, 7) is 4.56. The molecule has 0 atom stereocenters. The Morgan fingerprint density at radius 3 is 1.24 bits per heavy atom. The summed E-state index contributed by atoms with van der Waals surface area (Å²) < 4.78 is 0. The molecule has 126 valence electrons. The van der Waals surface area contributed by atoms with E-state index in [0.717, 1.165) is 0 Å². The van der Waals surface area contributed by atoms with E-state index >= 15 is 0 Å². The number of hydrogen-bond donors (Lipinski definition) is 2. The summed E-state index contributed by atoms with van der Waals surface area (Å²) in [7, 11) is 0. The van der Waals surface area contributed by atoms with Gasteiger partial charge in [0.15, 0.2) is 0 Å². The number of rotatable bonds is 9. The van der Waals surface area contributed by atoms with Crippen LogP contribution in [0.1, 0.15) is 78.1 Å². The third-order valence-corrected chi connectivity index (χ3v) is 3.21. The van der Waals surface area contributed by atoms with Crippen molar-refractivity contribution in [3.05, 3.63) is 30.3 Å². The second kappa shape index (κ2) is 21.8. The molecule has 0 amide bonds. The molecule has 0 fully saturated rings. The smallest absolute Gasteiger partial charge is 0.115 e. The maximum atomic E-state index is 8.63. The Labute approximate surface area is 142 Å². The first-order valence-corrected chi connectivity index (χ1v) is 8.05. The van der Waals surface area contributed by atoms with Gasteiger partial charge in [-0.2, -0.15) is 0 Å². The van der Waals surface area contributed by atoms with Crippen molar-refractivity contribution in [3.8, 4) is 5.75 Å². The molecule has 0 radical (unpaired) electrons. The number of hydrogen-bond acceptors (Lipinski definition) is 2. The van der Waals surface area contributed by atoms with Crippen LogP contribution in [-0.4, -0.2) is 5.11 Å². The van der Waals surface area contributed by atoms with Crippen molar-refractivity contribution in [1.82, 2.24) is 6.15 Å². The van der Waals surface area contributed by atoms with E-state index in [1.165, 1.54) is 64.2 Å². The fourth-order valence-corrected chi connectivity index (χ4v) is 1.99. The van der Waals surface area contributed by atoms with E-state index in [0.29, 0.717) is 5.75 Å². The lowest BCUT2D eigenvalue weighted by Gasteiger charge is -1.99. The monoisotopic (exact) mass is 361 g/mol. The maximum Gasteiger partial charge on any atom is 0.115 e. The van der Waals surface area contributed by atoms with Crippen molar-refractivity contribution in [2.75, 3.05) is 0 Å². The van der Waals surface area contributed by atoms with Crippen LogP contribution in [-0.2, 0) is 0 Å². The Kier molecular flexibility index (Phi) is 26.3. The Bertz CT molecular complexity index is 257. The number of aromatic hydroxyl groups is 1. The molecule has 0 aliphatic rings. The summed E-state index contributed by atoms with van der Waals surface area (Å²) in [5.41, 5.74) is 0. The highest BCUT2D eigenvalue weighted by Crippen LogP contribution is 2.09. The summed E-state index contributed by atoms with van der Waals surface area (Å²) in [6, 6.07) is 8.71. The number of para-hydroxylation sites is 1. The van der Waals surface area contributed by atoms with Gasteiger partial charge in [0, 0.05) is 0 Å². The molecule has 0 bridgehead atoms. The van der Waals surface area contributed by atoms with E-state index in [2.05, 4.69) is 13.8 Å². The van der Waals surface area contributed by atoms with E-state index in [-0.39, 0.29) is 23.1 Å². The van der Waals surface area contributed by atoms with Crippen molar-refractivity contribution in [1.29, 1.82) is 0 Å². The molecular weight excluding hydrogens is 326 g/mol. The topological polar surface area (TPSA) is 55.2 Å². The van der Waals surface area contributed by atoms with Crippen LogP contribution in [0.4, 0.5) is 0 Å². The van der Waals surface area contributed by atoms with Gasteiger partial charge < -0.3 is 11.3 Å². The first-order valence-electron chi connectivity index (χ1n) is 8.05. The van der Waals surface area contributed by atoms with Gasteiger partial charge in [-0.05, 0) is 12.1 Å². The summed E-state index contributed by atoms with van der Waals surface area (Å²) in [5, 5.41) is 8.63. The van der Waals surface area contributed by atoms with Crippen molar-refractivity contribution < 1.29 is 5.11 Å². The fourth-order valence-electron chi connectivity index (χ4n) is 1.99. The molecule has 2 nitrogen and oxygen atoms in total. The zero-order chi connectivity index (χ0) is 14.2. The van der Waals surface area contributed by atoms with Crippen LogP contribution >= 0.6 is 17.0 Å². The first kappa shape index (κ1) is 25.4. The van der Waals surface area contributed by atoms with Gasteiger partial charge in [0.1, 0.15) is 5.75 Å². The standard InChI is InChI=1S/C12H26.C6H6O.BrH.H3N/c1-3-5-7-9-11-12-10-8-6-4-2;7-6-4-2-1-3-5-6;;/h3-12H2,1-2H3;1-5,7H;1H;1H3. The Morgan fingerprint density at radius 1 is 0.667 bits per heavy atom. The van der Waals surface area contributed by atoms with Gasteiger partial charge >= 0.3 is 0 Å². The van der Waals surface area contributed by atoms with Crippen molar-refractivity contribution in [3.63, 3.8) is 0 Å². The van der Waals surface area contributed by atoms with Gasteiger partial charge in [0.25, 0.3) is 0 Å². The lowest BCUT2D eigenvalue weighted by molar-refractivity contribution is 0.475. The maximum absolute atomic E-state index is 8.63. The number of phenolic OH excluding ortho intramolecular Hbond substituents is 1. The van der Waals surface area contributed by atoms with Crippen molar-refractivity contribution in [2.24, 2.45) is 0 Å². The van der Waals surface area contributed by atoms with E-state index in [1.54, 1.807) is 24.3 Å². The van der Waals surface area contributed by atoms with Crippen molar-refractivity contribution in [2.45, 2.75) is 78.1 Å². The zero-order valence-corrected chi connectivity index (χ0v) is 15.7. The second-order valence-corrected chi connectivity index (χ2v) is 5.16. The molecule has 0 saturated heterocycles. The van der Waals surface area contributed by atoms with Gasteiger partial charge in [-0.25, -0.2) is 0 Å². The van der Waals surface area contributed by atoms with Crippen LogP contribution in [0.2, 0.25) is 0 Å². The molecule has 0 unspecified atom stereocenters. The summed E-state index contributed by atoms with van der Waals surface area (Å²) >= 11 is 0. The van der Waals surface area contributed by atoms with Crippen LogP contribution in [0.25, 0.3) is 0 Å². The molecule has 1 rings (SSSR count). The minimum atomic E-state index is 0. The molecule has 3 heteroatoms. The molecule has 1 aromatic carbocycles. The van der Waals surface area contributed by atoms with Gasteiger partial charge in [0.2, 0.25) is 0 Å². The normalized spacial score (nSPS) is 8.86. The van der Waals surface area contributed by atoms with E-state index in [4.69, 9.17) is 5.11 Å². The van der Waals surface area contributed by atoms with Crippen LogP contribution in [0.3, 0.4) is 0 Å². The lowest BCUT2D eigenvalue weighted by Crippen LogP contribution is -1.80. The fraction of sp³-hybridized carbons (Fsp3) is 0.667. The Morgan fingerprint density at radius 2 is 1.00 bits per heavy atom. The second-order valence-electron chi connectivity index (χ2n) is 5.16. The number of benzene rings is 1. The highest BCUT2D eigenvalue weighted by atomic mass is 79.9.